The van der Waals surface area contributed by atoms with Crippen LogP contribution in [0.25, 0.3) is 0 Å². The van der Waals surface area contributed by atoms with Gasteiger partial charge in [-0.15, -0.1) is 11.3 Å². The lowest BCUT2D eigenvalue weighted by molar-refractivity contribution is -0.0415. The summed E-state index contributed by atoms with van der Waals surface area (Å²) in [6, 6.07) is 3.62. The first-order valence-electron chi connectivity index (χ1n) is 8.05. The van der Waals surface area contributed by atoms with Gasteiger partial charge in [0.15, 0.2) is 5.78 Å². The molecule has 1 aromatic heterocycles. The van der Waals surface area contributed by atoms with E-state index in [1.165, 1.54) is 11.3 Å². The van der Waals surface area contributed by atoms with E-state index < -0.39 is 11.2 Å². The zero-order valence-electron chi connectivity index (χ0n) is 14.0. The number of nitrogens with zero attached hydrogens (tertiary/aromatic N) is 1. The number of hydrogen-bond acceptors (Lipinski definition) is 5. The first-order valence-corrected chi connectivity index (χ1v) is 9.99. The molecule has 0 radical (unpaired) electrons. The van der Waals surface area contributed by atoms with E-state index in [0.29, 0.717) is 17.8 Å². The Bertz CT molecular complexity index is 668. The third-order valence-electron chi connectivity index (χ3n) is 4.69. The maximum absolute atomic E-state index is 12.3. The minimum atomic E-state index is -0.946. The van der Waals surface area contributed by atoms with Crippen LogP contribution in [0.3, 0.4) is 0 Å². The van der Waals surface area contributed by atoms with Crippen LogP contribution in [0, 0.1) is 5.92 Å². The van der Waals surface area contributed by atoms with Gasteiger partial charge < -0.3 is 14.7 Å². The SMILES string of the molecule is CC(C)(C)OC(=O)N1CC2CC1C[C@@]2(O)c1ccc(C(=O)CBr)s1. The lowest BCUT2D eigenvalue weighted by Crippen LogP contribution is -2.47. The predicted molar refractivity (Wildman–Crippen MR) is 95.8 cm³/mol. The van der Waals surface area contributed by atoms with Gasteiger partial charge in [0, 0.05) is 29.8 Å². The molecule has 2 bridgehead atoms. The molecule has 1 aliphatic heterocycles. The summed E-state index contributed by atoms with van der Waals surface area (Å²) in [4.78, 5) is 27.3. The highest BCUT2D eigenvalue weighted by molar-refractivity contribution is 9.09. The van der Waals surface area contributed by atoms with Crippen molar-refractivity contribution in [3.63, 3.8) is 0 Å². The highest BCUT2D eigenvalue weighted by Crippen LogP contribution is 2.52. The Kier molecular flexibility index (Phi) is 4.55. The third kappa shape index (κ3) is 3.13. The van der Waals surface area contributed by atoms with Gasteiger partial charge in [-0.2, -0.15) is 0 Å². The minimum Gasteiger partial charge on any atom is -0.444 e. The number of thiophene rings is 1. The van der Waals surface area contributed by atoms with E-state index in [1.807, 2.05) is 26.8 Å². The molecule has 2 heterocycles. The molecule has 1 saturated carbocycles. The molecule has 1 amide bonds. The van der Waals surface area contributed by atoms with Gasteiger partial charge in [0.1, 0.15) is 11.2 Å². The Balaban J connectivity index is 1.73. The summed E-state index contributed by atoms with van der Waals surface area (Å²) >= 11 is 4.53. The van der Waals surface area contributed by atoms with Crippen molar-refractivity contribution in [3.8, 4) is 0 Å². The maximum Gasteiger partial charge on any atom is 0.410 e. The summed E-state index contributed by atoms with van der Waals surface area (Å²) in [5, 5.41) is 11.4. The smallest absolute Gasteiger partial charge is 0.410 e. The van der Waals surface area contributed by atoms with Crippen LogP contribution in [-0.2, 0) is 10.3 Å². The molecule has 1 aromatic rings. The zero-order valence-corrected chi connectivity index (χ0v) is 16.4. The second-order valence-electron chi connectivity index (χ2n) is 7.57. The van der Waals surface area contributed by atoms with E-state index in [0.717, 1.165) is 11.3 Å². The summed E-state index contributed by atoms with van der Waals surface area (Å²) in [5.74, 6) is 0.00831. The van der Waals surface area contributed by atoms with Gasteiger partial charge in [0.25, 0.3) is 0 Å². The molecule has 7 heteroatoms. The number of piperidine rings is 1. The van der Waals surface area contributed by atoms with Gasteiger partial charge in [-0.25, -0.2) is 4.79 Å². The number of ether oxygens (including phenoxy) is 1. The first kappa shape index (κ1) is 17.9. The number of carbonyl (C=O) groups is 2. The number of alkyl halides is 1. The number of Topliss-reactive ketones (excluding diaryl/α,β-unsaturated/α-hetero) is 1. The summed E-state index contributed by atoms with van der Waals surface area (Å²) < 4.78 is 5.46. The number of hydrogen-bond donors (Lipinski definition) is 1. The fourth-order valence-corrected chi connectivity index (χ4v) is 5.22. The Hall–Kier alpha value is -0.920. The van der Waals surface area contributed by atoms with E-state index in [9.17, 15) is 14.7 Å². The van der Waals surface area contributed by atoms with Gasteiger partial charge >= 0.3 is 6.09 Å². The number of ketones is 1. The van der Waals surface area contributed by atoms with Crippen molar-refractivity contribution in [2.75, 3.05) is 11.9 Å². The van der Waals surface area contributed by atoms with Crippen LogP contribution >= 0.6 is 27.3 Å². The molecule has 132 valence electrons. The molecule has 1 aliphatic carbocycles. The monoisotopic (exact) mass is 415 g/mol. The Labute approximate surface area is 154 Å². The Morgan fingerprint density at radius 2 is 2.17 bits per heavy atom. The summed E-state index contributed by atoms with van der Waals surface area (Å²) in [7, 11) is 0. The molecular formula is C17H22BrNO4S. The first-order chi connectivity index (χ1) is 11.1. The van der Waals surface area contributed by atoms with E-state index in [4.69, 9.17) is 4.74 Å². The quantitative estimate of drug-likeness (QED) is 0.605. The summed E-state index contributed by atoms with van der Waals surface area (Å²) in [5.41, 5.74) is -1.47. The molecular weight excluding hydrogens is 394 g/mol. The fraction of sp³-hybridized carbons (Fsp3) is 0.647. The topological polar surface area (TPSA) is 66.8 Å². The second kappa shape index (κ2) is 6.11. The van der Waals surface area contributed by atoms with E-state index in [-0.39, 0.29) is 29.2 Å². The Morgan fingerprint density at radius 3 is 2.71 bits per heavy atom. The Morgan fingerprint density at radius 1 is 1.46 bits per heavy atom. The van der Waals surface area contributed by atoms with Crippen molar-refractivity contribution in [3.05, 3.63) is 21.9 Å². The molecule has 24 heavy (non-hydrogen) atoms. The molecule has 2 fully saturated rings. The van der Waals surface area contributed by atoms with Crippen molar-refractivity contribution in [1.29, 1.82) is 0 Å². The normalized spacial score (nSPS) is 29.1. The minimum absolute atomic E-state index is 0.00715. The summed E-state index contributed by atoms with van der Waals surface area (Å²) in [6.45, 7) is 6.05. The second-order valence-corrected chi connectivity index (χ2v) is 9.21. The van der Waals surface area contributed by atoms with E-state index >= 15 is 0 Å². The number of fused-ring (bicyclic) bond motifs is 2. The van der Waals surface area contributed by atoms with Crippen molar-refractivity contribution >= 4 is 39.1 Å². The molecule has 0 spiro atoms. The number of rotatable bonds is 3. The molecule has 5 nitrogen and oxygen atoms in total. The van der Waals surface area contributed by atoms with Gasteiger partial charge in [-0.05, 0) is 39.3 Å². The summed E-state index contributed by atoms with van der Waals surface area (Å²) in [6.07, 6.45) is 0.966. The number of amides is 1. The van der Waals surface area contributed by atoms with Crippen LogP contribution in [0.15, 0.2) is 12.1 Å². The molecule has 2 aliphatic rings. The highest BCUT2D eigenvalue weighted by Gasteiger charge is 2.56. The molecule has 3 atom stereocenters. The highest BCUT2D eigenvalue weighted by atomic mass is 79.9. The fourth-order valence-electron chi connectivity index (χ4n) is 3.61. The van der Waals surface area contributed by atoms with Gasteiger partial charge in [0.05, 0.1) is 10.2 Å². The van der Waals surface area contributed by atoms with Crippen molar-refractivity contribution < 1.29 is 19.4 Å². The molecule has 0 aromatic carbocycles. The average molecular weight is 416 g/mol. The van der Waals surface area contributed by atoms with Crippen LogP contribution < -0.4 is 0 Å². The number of carbonyl (C=O) groups excluding carboxylic acids is 2. The van der Waals surface area contributed by atoms with Crippen LogP contribution in [0.5, 0.6) is 0 Å². The standard InChI is InChI=1S/C17H22BrNO4S/c1-16(2,3)23-15(21)19-9-10-6-11(19)7-17(10,22)14-5-4-13(24-14)12(20)8-18/h4-5,10-11,22H,6-9H2,1-3H3/t10?,11?,17-/m0/s1. The van der Waals surface area contributed by atoms with Crippen molar-refractivity contribution in [2.24, 2.45) is 5.92 Å². The lowest BCUT2D eigenvalue weighted by atomic mass is 9.88. The number of aliphatic hydroxyl groups is 1. The van der Waals surface area contributed by atoms with E-state index in [1.54, 1.807) is 11.0 Å². The number of likely N-dealkylation sites (tertiary alicyclic amines) is 1. The number of halogens is 1. The largest absolute Gasteiger partial charge is 0.444 e. The van der Waals surface area contributed by atoms with Crippen LogP contribution in [0.4, 0.5) is 4.79 Å². The molecule has 3 rings (SSSR count). The van der Waals surface area contributed by atoms with Crippen LogP contribution in [-0.4, -0.2) is 45.4 Å². The van der Waals surface area contributed by atoms with Crippen LogP contribution in [0.2, 0.25) is 0 Å². The van der Waals surface area contributed by atoms with Crippen LogP contribution in [0.1, 0.15) is 48.2 Å². The van der Waals surface area contributed by atoms with Crippen molar-refractivity contribution in [1.82, 2.24) is 4.90 Å². The molecule has 1 N–H and O–H groups in total. The van der Waals surface area contributed by atoms with Gasteiger partial charge in [0.2, 0.25) is 0 Å². The van der Waals surface area contributed by atoms with Gasteiger partial charge in [-0.1, -0.05) is 15.9 Å². The van der Waals surface area contributed by atoms with E-state index in [2.05, 4.69) is 15.9 Å². The van der Waals surface area contributed by atoms with Crippen molar-refractivity contribution in [2.45, 2.75) is 50.9 Å². The maximum atomic E-state index is 12.3. The third-order valence-corrected chi connectivity index (χ3v) is 6.50. The lowest BCUT2D eigenvalue weighted by Gasteiger charge is -2.37. The average Bonchev–Trinajstić information content (AvgIpc) is 3.18. The van der Waals surface area contributed by atoms with Gasteiger partial charge in [-0.3, -0.25) is 4.79 Å². The molecule has 1 saturated heterocycles. The zero-order chi connectivity index (χ0) is 17.7. The predicted octanol–water partition coefficient (Wildman–Crippen LogP) is 3.54. The molecule has 2 unspecified atom stereocenters.